The minimum Gasteiger partial charge on any atom is -0.352 e. The molecule has 0 bridgehead atoms. The smallest absolute Gasteiger partial charge is 0.251 e. The molecule has 4 nitrogen and oxygen atoms in total. The van der Waals surface area contributed by atoms with Crippen LogP contribution in [0.25, 0.3) is 0 Å². The number of carbonyl (C=O) groups excluding carboxylic acids is 1. The highest BCUT2D eigenvalue weighted by atomic mass is 35.5. The third kappa shape index (κ3) is 3.34. The van der Waals surface area contributed by atoms with Crippen LogP contribution in [0.15, 0.2) is 36.7 Å². The number of carbonyl (C=O) groups is 1. The van der Waals surface area contributed by atoms with Gasteiger partial charge >= 0.3 is 0 Å². The fourth-order valence-electron chi connectivity index (χ4n) is 1.58. The van der Waals surface area contributed by atoms with E-state index in [-0.39, 0.29) is 5.91 Å². The number of aromatic amines is 1. The lowest BCUT2D eigenvalue weighted by Crippen LogP contribution is -2.25. The second kappa shape index (κ2) is 6.21. The van der Waals surface area contributed by atoms with Crippen molar-refractivity contribution in [2.45, 2.75) is 12.3 Å². The number of nitrogens with zero attached hydrogens (tertiary/aromatic N) is 1. The molecule has 18 heavy (non-hydrogen) atoms. The van der Waals surface area contributed by atoms with Gasteiger partial charge in [0.15, 0.2) is 0 Å². The highest BCUT2D eigenvalue weighted by molar-refractivity contribution is 6.17. The lowest BCUT2D eigenvalue weighted by atomic mass is 10.1. The molecule has 0 aliphatic heterocycles. The quantitative estimate of drug-likeness (QED) is 0.812. The Labute approximate surface area is 110 Å². The lowest BCUT2D eigenvalue weighted by molar-refractivity contribution is 0.0954. The maximum atomic E-state index is 11.8. The van der Waals surface area contributed by atoms with Gasteiger partial charge in [0.2, 0.25) is 0 Å². The first kappa shape index (κ1) is 12.6. The van der Waals surface area contributed by atoms with Crippen molar-refractivity contribution >= 4 is 17.5 Å². The molecule has 0 unspecified atom stereocenters. The van der Waals surface area contributed by atoms with E-state index in [9.17, 15) is 4.79 Å². The minimum absolute atomic E-state index is 0.0809. The van der Waals surface area contributed by atoms with Crippen LogP contribution in [-0.4, -0.2) is 22.4 Å². The standard InChI is InChI=1S/C13H14ClN3O/c14-9-10-1-3-11(4-2-10)13(18)17-6-5-12-15-7-8-16-12/h1-4,7-8H,5-6,9H2,(H,15,16)(H,17,18). The normalized spacial score (nSPS) is 10.3. The summed E-state index contributed by atoms with van der Waals surface area (Å²) in [4.78, 5) is 18.9. The van der Waals surface area contributed by atoms with Crippen LogP contribution in [0.1, 0.15) is 21.7 Å². The van der Waals surface area contributed by atoms with Gasteiger partial charge in [-0.15, -0.1) is 11.6 Å². The number of nitrogens with one attached hydrogen (secondary N) is 2. The van der Waals surface area contributed by atoms with Gasteiger partial charge in [0.05, 0.1) is 0 Å². The first-order chi connectivity index (χ1) is 8.79. The molecule has 0 aliphatic rings. The largest absolute Gasteiger partial charge is 0.352 e. The predicted molar refractivity (Wildman–Crippen MR) is 70.6 cm³/mol. The van der Waals surface area contributed by atoms with Gasteiger partial charge in [-0.1, -0.05) is 12.1 Å². The number of H-pyrrole nitrogens is 1. The van der Waals surface area contributed by atoms with Crippen molar-refractivity contribution in [2.24, 2.45) is 0 Å². The molecule has 0 saturated carbocycles. The van der Waals surface area contributed by atoms with Crippen molar-refractivity contribution in [3.63, 3.8) is 0 Å². The zero-order chi connectivity index (χ0) is 12.8. The van der Waals surface area contributed by atoms with Crippen molar-refractivity contribution in [2.75, 3.05) is 6.54 Å². The van der Waals surface area contributed by atoms with E-state index in [1.807, 2.05) is 12.1 Å². The van der Waals surface area contributed by atoms with Crippen LogP contribution in [0.2, 0.25) is 0 Å². The Hall–Kier alpha value is -1.81. The van der Waals surface area contributed by atoms with Crippen LogP contribution in [0.3, 0.4) is 0 Å². The van der Waals surface area contributed by atoms with E-state index in [1.165, 1.54) is 0 Å². The highest BCUT2D eigenvalue weighted by Gasteiger charge is 2.04. The summed E-state index contributed by atoms with van der Waals surface area (Å²) >= 11 is 5.69. The fourth-order valence-corrected chi connectivity index (χ4v) is 1.75. The topological polar surface area (TPSA) is 57.8 Å². The average Bonchev–Trinajstić information content (AvgIpc) is 2.92. The summed E-state index contributed by atoms with van der Waals surface area (Å²) in [5, 5.41) is 2.84. The zero-order valence-corrected chi connectivity index (χ0v) is 10.6. The third-order valence-corrected chi connectivity index (χ3v) is 2.88. The Balaban J connectivity index is 1.83. The molecule has 1 aromatic carbocycles. The lowest BCUT2D eigenvalue weighted by Gasteiger charge is -2.04. The number of hydrogen-bond donors (Lipinski definition) is 2. The molecule has 2 aromatic rings. The van der Waals surface area contributed by atoms with E-state index in [2.05, 4.69) is 15.3 Å². The molecule has 0 saturated heterocycles. The van der Waals surface area contributed by atoms with E-state index in [1.54, 1.807) is 24.5 Å². The average molecular weight is 264 g/mol. The summed E-state index contributed by atoms with van der Waals surface area (Å²) in [7, 11) is 0. The van der Waals surface area contributed by atoms with Gasteiger partial charge in [-0.2, -0.15) is 0 Å². The molecular formula is C13H14ClN3O. The molecule has 0 atom stereocenters. The first-order valence-corrected chi connectivity index (χ1v) is 6.24. The molecular weight excluding hydrogens is 250 g/mol. The van der Waals surface area contributed by atoms with Crippen LogP contribution in [0, 0.1) is 0 Å². The molecule has 2 rings (SSSR count). The Bertz CT molecular complexity index is 493. The van der Waals surface area contributed by atoms with Gasteiger partial charge in [0, 0.05) is 36.8 Å². The van der Waals surface area contributed by atoms with Crippen molar-refractivity contribution in [3.05, 3.63) is 53.6 Å². The van der Waals surface area contributed by atoms with Gasteiger partial charge in [0.1, 0.15) is 5.82 Å². The maximum absolute atomic E-state index is 11.8. The summed E-state index contributed by atoms with van der Waals surface area (Å²) in [6.07, 6.45) is 4.16. The molecule has 0 radical (unpaired) electrons. The van der Waals surface area contributed by atoms with Crippen molar-refractivity contribution in [1.82, 2.24) is 15.3 Å². The van der Waals surface area contributed by atoms with Crippen LogP contribution >= 0.6 is 11.6 Å². The van der Waals surface area contributed by atoms with Crippen molar-refractivity contribution in [3.8, 4) is 0 Å². The SMILES string of the molecule is O=C(NCCc1ncc[nH]1)c1ccc(CCl)cc1. The summed E-state index contributed by atoms with van der Waals surface area (Å²) in [6.45, 7) is 0.559. The van der Waals surface area contributed by atoms with E-state index in [4.69, 9.17) is 11.6 Å². The first-order valence-electron chi connectivity index (χ1n) is 5.71. The second-order valence-electron chi connectivity index (χ2n) is 3.87. The third-order valence-electron chi connectivity index (χ3n) is 2.57. The monoisotopic (exact) mass is 263 g/mol. The van der Waals surface area contributed by atoms with Gasteiger partial charge in [-0.3, -0.25) is 4.79 Å². The Kier molecular flexibility index (Phi) is 4.36. The number of benzene rings is 1. The molecule has 5 heteroatoms. The van der Waals surface area contributed by atoms with Gasteiger partial charge < -0.3 is 10.3 Å². The fraction of sp³-hybridized carbons (Fsp3) is 0.231. The van der Waals surface area contributed by atoms with Crippen LogP contribution in [0.4, 0.5) is 0 Å². The molecule has 1 heterocycles. The van der Waals surface area contributed by atoms with Gasteiger partial charge in [-0.05, 0) is 17.7 Å². The Morgan fingerprint density at radius 3 is 2.72 bits per heavy atom. The number of imidazole rings is 1. The summed E-state index contributed by atoms with van der Waals surface area (Å²) in [5.74, 6) is 1.25. The molecule has 1 amide bonds. The minimum atomic E-state index is -0.0809. The molecule has 2 N–H and O–H groups in total. The summed E-state index contributed by atoms with van der Waals surface area (Å²) in [6, 6.07) is 7.27. The number of aromatic nitrogens is 2. The molecule has 0 spiro atoms. The molecule has 1 aromatic heterocycles. The van der Waals surface area contributed by atoms with E-state index in [0.717, 1.165) is 11.4 Å². The summed E-state index contributed by atoms with van der Waals surface area (Å²) < 4.78 is 0. The molecule has 0 aliphatic carbocycles. The summed E-state index contributed by atoms with van der Waals surface area (Å²) in [5.41, 5.74) is 1.65. The van der Waals surface area contributed by atoms with Crippen molar-refractivity contribution < 1.29 is 4.79 Å². The molecule has 94 valence electrons. The maximum Gasteiger partial charge on any atom is 0.251 e. The highest BCUT2D eigenvalue weighted by Crippen LogP contribution is 2.06. The van der Waals surface area contributed by atoms with Crippen LogP contribution in [0.5, 0.6) is 0 Å². The van der Waals surface area contributed by atoms with E-state index >= 15 is 0 Å². The van der Waals surface area contributed by atoms with Crippen LogP contribution in [-0.2, 0) is 12.3 Å². The second-order valence-corrected chi connectivity index (χ2v) is 4.14. The Morgan fingerprint density at radius 2 is 2.11 bits per heavy atom. The number of hydrogen-bond acceptors (Lipinski definition) is 2. The number of halogens is 1. The zero-order valence-electron chi connectivity index (χ0n) is 9.82. The predicted octanol–water partition coefficient (Wildman–Crippen LogP) is 2.12. The van der Waals surface area contributed by atoms with E-state index in [0.29, 0.717) is 24.4 Å². The number of rotatable bonds is 5. The number of alkyl halides is 1. The Morgan fingerprint density at radius 1 is 1.33 bits per heavy atom. The van der Waals surface area contributed by atoms with E-state index < -0.39 is 0 Å². The van der Waals surface area contributed by atoms with Gasteiger partial charge in [-0.25, -0.2) is 4.98 Å². The van der Waals surface area contributed by atoms with Crippen LogP contribution < -0.4 is 5.32 Å². The molecule has 0 fully saturated rings. The van der Waals surface area contributed by atoms with Crippen molar-refractivity contribution in [1.29, 1.82) is 0 Å². The number of amides is 1. The van der Waals surface area contributed by atoms with Gasteiger partial charge in [0.25, 0.3) is 5.91 Å².